The fourth-order valence-electron chi connectivity index (χ4n) is 1.72. The molecule has 4 heteroatoms. The van der Waals surface area contributed by atoms with Crippen LogP contribution in [0.2, 0.25) is 0 Å². The van der Waals surface area contributed by atoms with Crippen molar-refractivity contribution in [2.45, 2.75) is 6.54 Å². The second-order valence-electron chi connectivity index (χ2n) is 4.15. The fraction of sp³-hybridized carbons (Fsp3) is 0.143. The Morgan fingerprint density at radius 1 is 1.28 bits per heavy atom. The number of carbonyl (C=O) groups is 1. The van der Waals surface area contributed by atoms with Crippen LogP contribution in [0.1, 0.15) is 15.9 Å². The van der Waals surface area contributed by atoms with Crippen LogP contribution in [-0.4, -0.2) is 22.8 Å². The Morgan fingerprint density at radius 3 is 2.67 bits per heavy atom. The zero-order valence-corrected chi connectivity index (χ0v) is 10.2. The van der Waals surface area contributed by atoms with Crippen molar-refractivity contribution in [2.75, 3.05) is 12.8 Å². The van der Waals surface area contributed by atoms with Crippen LogP contribution in [0.3, 0.4) is 0 Å². The number of rotatable bonds is 3. The summed E-state index contributed by atoms with van der Waals surface area (Å²) in [7, 11) is 1.76. The van der Waals surface area contributed by atoms with Crippen molar-refractivity contribution < 1.29 is 4.79 Å². The Balaban J connectivity index is 2.10. The van der Waals surface area contributed by atoms with Crippen LogP contribution in [0.5, 0.6) is 0 Å². The molecule has 0 spiro atoms. The standard InChI is InChI=1S/C14H15N3O/c1-17(10-11-5-3-2-4-6-11)14(18)12-7-13(15)9-16-8-12/h2-9H,10,15H2,1H3. The van der Waals surface area contributed by atoms with Crippen LogP contribution in [0.4, 0.5) is 5.69 Å². The first-order valence-electron chi connectivity index (χ1n) is 5.67. The predicted molar refractivity (Wildman–Crippen MR) is 70.9 cm³/mol. The molecule has 0 radical (unpaired) electrons. The highest BCUT2D eigenvalue weighted by molar-refractivity contribution is 5.94. The number of nitrogens with zero attached hydrogens (tertiary/aromatic N) is 2. The van der Waals surface area contributed by atoms with Crippen LogP contribution >= 0.6 is 0 Å². The molecule has 2 rings (SSSR count). The van der Waals surface area contributed by atoms with Crippen LogP contribution < -0.4 is 5.73 Å². The van der Waals surface area contributed by atoms with Gasteiger partial charge in [-0.1, -0.05) is 30.3 Å². The van der Waals surface area contributed by atoms with Crippen molar-refractivity contribution in [3.05, 3.63) is 59.9 Å². The minimum atomic E-state index is -0.0846. The van der Waals surface area contributed by atoms with Crippen LogP contribution in [0.25, 0.3) is 0 Å². The van der Waals surface area contributed by atoms with E-state index in [4.69, 9.17) is 5.73 Å². The van der Waals surface area contributed by atoms with Gasteiger partial charge in [0.1, 0.15) is 0 Å². The first-order valence-corrected chi connectivity index (χ1v) is 5.67. The van der Waals surface area contributed by atoms with E-state index in [9.17, 15) is 4.79 Å². The number of hydrogen-bond donors (Lipinski definition) is 1. The van der Waals surface area contributed by atoms with Crippen LogP contribution in [0.15, 0.2) is 48.8 Å². The Bertz CT molecular complexity index is 540. The minimum absolute atomic E-state index is 0.0846. The van der Waals surface area contributed by atoms with E-state index in [0.29, 0.717) is 17.8 Å². The maximum absolute atomic E-state index is 12.1. The number of hydrogen-bond acceptors (Lipinski definition) is 3. The zero-order valence-electron chi connectivity index (χ0n) is 10.2. The van der Waals surface area contributed by atoms with Crippen LogP contribution in [0, 0.1) is 0 Å². The van der Waals surface area contributed by atoms with E-state index in [1.165, 1.54) is 12.4 Å². The summed E-state index contributed by atoms with van der Waals surface area (Å²) in [5.74, 6) is -0.0846. The van der Waals surface area contributed by atoms with E-state index in [0.717, 1.165) is 5.56 Å². The number of pyridine rings is 1. The van der Waals surface area contributed by atoms with Gasteiger partial charge in [-0.25, -0.2) is 0 Å². The minimum Gasteiger partial charge on any atom is -0.397 e. The second-order valence-corrected chi connectivity index (χ2v) is 4.15. The highest BCUT2D eigenvalue weighted by atomic mass is 16.2. The monoisotopic (exact) mass is 241 g/mol. The lowest BCUT2D eigenvalue weighted by atomic mass is 10.2. The quantitative estimate of drug-likeness (QED) is 0.893. The molecule has 18 heavy (non-hydrogen) atoms. The van der Waals surface area contributed by atoms with Gasteiger partial charge in [0.15, 0.2) is 0 Å². The molecule has 92 valence electrons. The van der Waals surface area contributed by atoms with Crippen molar-refractivity contribution in [3.63, 3.8) is 0 Å². The third kappa shape index (κ3) is 2.85. The summed E-state index contributed by atoms with van der Waals surface area (Å²) >= 11 is 0. The SMILES string of the molecule is CN(Cc1ccccc1)C(=O)c1cncc(N)c1. The average molecular weight is 241 g/mol. The molecule has 1 aromatic heterocycles. The molecule has 0 fully saturated rings. The number of anilines is 1. The van der Waals surface area contributed by atoms with Crippen LogP contribution in [-0.2, 0) is 6.54 Å². The highest BCUT2D eigenvalue weighted by Crippen LogP contribution is 2.09. The van der Waals surface area contributed by atoms with E-state index < -0.39 is 0 Å². The lowest BCUT2D eigenvalue weighted by molar-refractivity contribution is 0.0784. The molecular formula is C14H15N3O. The van der Waals surface area contributed by atoms with Gasteiger partial charge in [0.25, 0.3) is 5.91 Å². The van der Waals surface area contributed by atoms with Gasteiger partial charge in [0.05, 0.1) is 11.3 Å². The van der Waals surface area contributed by atoms with E-state index in [1.807, 2.05) is 30.3 Å². The molecule has 0 aliphatic carbocycles. The molecule has 1 amide bonds. The smallest absolute Gasteiger partial charge is 0.255 e. The molecule has 0 bridgehead atoms. The van der Waals surface area contributed by atoms with Crippen molar-refractivity contribution in [2.24, 2.45) is 0 Å². The molecule has 1 heterocycles. The van der Waals surface area contributed by atoms with Gasteiger partial charge < -0.3 is 10.6 Å². The summed E-state index contributed by atoms with van der Waals surface area (Å²) in [6.07, 6.45) is 3.05. The van der Waals surface area contributed by atoms with Gasteiger partial charge in [-0.15, -0.1) is 0 Å². The first kappa shape index (κ1) is 12.1. The molecule has 0 aliphatic heterocycles. The number of benzene rings is 1. The maximum atomic E-state index is 12.1. The van der Waals surface area contributed by atoms with Gasteiger partial charge in [0.2, 0.25) is 0 Å². The van der Waals surface area contributed by atoms with Crippen molar-refractivity contribution >= 4 is 11.6 Å². The third-order valence-electron chi connectivity index (χ3n) is 2.62. The van der Waals surface area contributed by atoms with E-state index >= 15 is 0 Å². The summed E-state index contributed by atoms with van der Waals surface area (Å²) in [4.78, 5) is 17.7. The number of nitrogens with two attached hydrogens (primary N) is 1. The Hall–Kier alpha value is -2.36. The summed E-state index contributed by atoms with van der Waals surface area (Å²) < 4.78 is 0. The number of nitrogen functional groups attached to an aromatic ring is 1. The van der Waals surface area contributed by atoms with Gasteiger partial charge in [-0.05, 0) is 11.6 Å². The molecule has 2 aromatic rings. The van der Waals surface area contributed by atoms with Gasteiger partial charge in [-0.2, -0.15) is 0 Å². The largest absolute Gasteiger partial charge is 0.397 e. The summed E-state index contributed by atoms with van der Waals surface area (Å²) in [5.41, 5.74) is 7.71. The molecule has 4 nitrogen and oxygen atoms in total. The predicted octanol–water partition coefficient (Wildman–Crippen LogP) is 1.94. The molecule has 2 N–H and O–H groups in total. The number of carbonyl (C=O) groups excluding carboxylic acids is 1. The lowest BCUT2D eigenvalue weighted by Gasteiger charge is -2.17. The Kier molecular flexibility index (Phi) is 3.57. The first-order chi connectivity index (χ1) is 8.66. The molecule has 0 aliphatic rings. The molecule has 0 atom stereocenters. The third-order valence-corrected chi connectivity index (χ3v) is 2.62. The molecular weight excluding hydrogens is 226 g/mol. The van der Waals surface area contributed by atoms with Crippen molar-refractivity contribution in [1.29, 1.82) is 0 Å². The van der Waals surface area contributed by atoms with E-state index in [2.05, 4.69) is 4.98 Å². The molecule has 0 unspecified atom stereocenters. The van der Waals surface area contributed by atoms with E-state index in [1.54, 1.807) is 18.0 Å². The number of aromatic nitrogens is 1. The fourth-order valence-corrected chi connectivity index (χ4v) is 1.72. The van der Waals surface area contributed by atoms with Gasteiger partial charge in [0, 0.05) is 26.0 Å². The Morgan fingerprint density at radius 2 is 2.00 bits per heavy atom. The summed E-state index contributed by atoms with van der Waals surface area (Å²) in [5, 5.41) is 0. The normalized spacial score (nSPS) is 10.1. The number of amides is 1. The molecule has 1 aromatic carbocycles. The van der Waals surface area contributed by atoms with E-state index in [-0.39, 0.29) is 5.91 Å². The lowest BCUT2D eigenvalue weighted by Crippen LogP contribution is -2.26. The van der Waals surface area contributed by atoms with Crippen molar-refractivity contribution in [3.8, 4) is 0 Å². The molecule has 0 saturated carbocycles. The maximum Gasteiger partial charge on any atom is 0.255 e. The summed E-state index contributed by atoms with van der Waals surface area (Å²) in [6.45, 7) is 0.564. The molecule has 0 saturated heterocycles. The highest BCUT2D eigenvalue weighted by Gasteiger charge is 2.12. The van der Waals surface area contributed by atoms with Crippen molar-refractivity contribution in [1.82, 2.24) is 9.88 Å². The second kappa shape index (κ2) is 5.31. The van der Waals surface area contributed by atoms with Gasteiger partial charge in [-0.3, -0.25) is 9.78 Å². The topological polar surface area (TPSA) is 59.2 Å². The van der Waals surface area contributed by atoms with Gasteiger partial charge >= 0.3 is 0 Å². The average Bonchev–Trinajstić information content (AvgIpc) is 2.39. The summed E-state index contributed by atoms with van der Waals surface area (Å²) in [6, 6.07) is 11.5. The Labute approximate surface area is 106 Å². The zero-order chi connectivity index (χ0) is 13.0.